The third kappa shape index (κ3) is 1.75. The fourth-order valence-electron chi connectivity index (χ4n) is 1.57. The molecule has 2 rings (SSSR count). The highest BCUT2D eigenvalue weighted by molar-refractivity contribution is 7.93. The minimum atomic E-state index is -3.49. The second-order valence-electron chi connectivity index (χ2n) is 4.56. The summed E-state index contributed by atoms with van der Waals surface area (Å²) in [6.45, 7) is 3.29. The molecule has 0 saturated heterocycles. The molecule has 17 heavy (non-hydrogen) atoms. The van der Waals surface area contributed by atoms with Crippen molar-refractivity contribution in [3.8, 4) is 0 Å². The van der Waals surface area contributed by atoms with Crippen molar-refractivity contribution < 1.29 is 12.8 Å². The van der Waals surface area contributed by atoms with E-state index in [-0.39, 0.29) is 11.4 Å². The number of hydrogen-bond donors (Lipinski definition) is 1. The van der Waals surface area contributed by atoms with Crippen molar-refractivity contribution in [1.82, 2.24) is 0 Å². The van der Waals surface area contributed by atoms with Crippen molar-refractivity contribution >= 4 is 20.8 Å². The number of benzene rings is 1. The molecule has 0 aliphatic heterocycles. The molecular formula is C12H15NO3S. The van der Waals surface area contributed by atoms with Gasteiger partial charge >= 0.3 is 0 Å². The van der Waals surface area contributed by atoms with E-state index in [0.29, 0.717) is 11.0 Å². The molecule has 0 fully saturated rings. The number of furan rings is 1. The number of nitrogens with two attached hydrogens (primary N) is 1. The van der Waals surface area contributed by atoms with Crippen LogP contribution in [0.1, 0.15) is 13.8 Å². The zero-order valence-electron chi connectivity index (χ0n) is 9.80. The second kappa shape index (κ2) is 3.85. The predicted molar refractivity (Wildman–Crippen MR) is 66.5 cm³/mol. The van der Waals surface area contributed by atoms with Crippen LogP contribution in [0.4, 0.5) is 0 Å². The van der Waals surface area contributed by atoms with Crippen molar-refractivity contribution in [2.24, 2.45) is 5.73 Å². The van der Waals surface area contributed by atoms with Gasteiger partial charge in [-0.25, -0.2) is 8.42 Å². The van der Waals surface area contributed by atoms with Gasteiger partial charge in [0.25, 0.3) is 0 Å². The third-order valence-corrected chi connectivity index (χ3v) is 5.47. The molecule has 0 aliphatic carbocycles. The summed E-state index contributed by atoms with van der Waals surface area (Å²) in [5.41, 5.74) is 6.10. The summed E-state index contributed by atoms with van der Waals surface area (Å²) in [4.78, 5) is 0.212. The van der Waals surface area contributed by atoms with Gasteiger partial charge in [-0.3, -0.25) is 0 Å². The van der Waals surface area contributed by atoms with Gasteiger partial charge in [-0.05, 0) is 26.0 Å². The molecule has 0 amide bonds. The number of hydrogen-bond acceptors (Lipinski definition) is 4. The molecule has 0 saturated carbocycles. The quantitative estimate of drug-likeness (QED) is 0.907. The molecular weight excluding hydrogens is 238 g/mol. The Morgan fingerprint density at radius 1 is 1.29 bits per heavy atom. The van der Waals surface area contributed by atoms with Crippen molar-refractivity contribution in [2.75, 3.05) is 6.54 Å². The van der Waals surface area contributed by atoms with Crippen LogP contribution in [0.25, 0.3) is 11.0 Å². The van der Waals surface area contributed by atoms with E-state index in [0.717, 1.165) is 0 Å². The molecule has 92 valence electrons. The number of rotatable bonds is 3. The molecule has 1 aromatic heterocycles. The maximum absolute atomic E-state index is 12.4. The Hall–Kier alpha value is -1.33. The lowest BCUT2D eigenvalue weighted by Gasteiger charge is -2.21. The molecule has 0 unspecified atom stereocenters. The number of para-hydroxylation sites is 1. The van der Waals surface area contributed by atoms with Gasteiger partial charge in [0, 0.05) is 11.9 Å². The minimum Gasteiger partial charge on any atom is -0.463 e. The molecule has 1 heterocycles. The van der Waals surface area contributed by atoms with Crippen LogP contribution in [-0.4, -0.2) is 19.7 Å². The smallest absolute Gasteiger partial charge is 0.188 e. The van der Waals surface area contributed by atoms with Gasteiger partial charge in [-0.2, -0.15) is 0 Å². The average Bonchev–Trinajstić information content (AvgIpc) is 2.72. The first kappa shape index (κ1) is 12.1. The topological polar surface area (TPSA) is 73.3 Å². The summed E-state index contributed by atoms with van der Waals surface area (Å²) in [5, 5.41) is 0.606. The highest BCUT2D eigenvalue weighted by Crippen LogP contribution is 2.31. The second-order valence-corrected chi connectivity index (χ2v) is 7.12. The maximum Gasteiger partial charge on any atom is 0.188 e. The molecule has 1 aromatic carbocycles. The van der Waals surface area contributed by atoms with Crippen LogP contribution < -0.4 is 5.73 Å². The zero-order valence-corrected chi connectivity index (χ0v) is 10.6. The number of fused-ring (bicyclic) bond motifs is 1. The Balaban J connectivity index is 2.70. The molecule has 4 nitrogen and oxygen atoms in total. The molecule has 0 bridgehead atoms. The van der Waals surface area contributed by atoms with Crippen LogP contribution in [0.3, 0.4) is 0 Å². The zero-order chi connectivity index (χ0) is 12.7. The van der Waals surface area contributed by atoms with Crippen molar-refractivity contribution in [3.63, 3.8) is 0 Å². The van der Waals surface area contributed by atoms with Gasteiger partial charge in [0.2, 0.25) is 0 Å². The first-order chi connectivity index (χ1) is 7.90. The monoisotopic (exact) mass is 253 g/mol. The summed E-state index contributed by atoms with van der Waals surface area (Å²) >= 11 is 0. The highest BCUT2D eigenvalue weighted by atomic mass is 32.2. The Morgan fingerprint density at radius 3 is 2.59 bits per heavy atom. The van der Waals surface area contributed by atoms with Crippen molar-refractivity contribution in [1.29, 1.82) is 0 Å². The molecule has 2 N–H and O–H groups in total. The summed E-state index contributed by atoms with van der Waals surface area (Å²) < 4.78 is 29.1. The standard InChI is InChI=1S/C12H15NO3S/c1-12(2,8-13)17(14,15)11-7-16-10-6-4-3-5-9(10)11/h3-7H,8,13H2,1-2H3. The van der Waals surface area contributed by atoms with Crippen LogP contribution in [0, 0.1) is 0 Å². The SMILES string of the molecule is CC(C)(CN)S(=O)(=O)c1coc2ccccc12. The normalized spacial score (nSPS) is 13.1. The van der Waals surface area contributed by atoms with Crippen LogP contribution >= 0.6 is 0 Å². The lowest BCUT2D eigenvalue weighted by Crippen LogP contribution is -2.39. The fourth-order valence-corrected chi connectivity index (χ4v) is 3.02. The molecule has 0 radical (unpaired) electrons. The molecule has 2 aromatic rings. The summed E-state index contributed by atoms with van der Waals surface area (Å²) in [6.07, 6.45) is 1.29. The third-order valence-electron chi connectivity index (χ3n) is 2.95. The van der Waals surface area contributed by atoms with E-state index >= 15 is 0 Å². The fraction of sp³-hybridized carbons (Fsp3) is 0.333. The number of sulfone groups is 1. The Bertz CT molecular complexity index is 641. The van der Waals surface area contributed by atoms with Gasteiger partial charge in [-0.1, -0.05) is 12.1 Å². The van der Waals surface area contributed by atoms with E-state index in [1.54, 1.807) is 38.1 Å². The van der Waals surface area contributed by atoms with Crippen LogP contribution in [0.5, 0.6) is 0 Å². The molecule has 0 aliphatic rings. The predicted octanol–water partition coefficient (Wildman–Crippen LogP) is 1.94. The van der Waals surface area contributed by atoms with E-state index in [1.807, 2.05) is 0 Å². The molecule has 5 heteroatoms. The van der Waals surface area contributed by atoms with Gasteiger partial charge < -0.3 is 10.2 Å². The summed E-state index contributed by atoms with van der Waals surface area (Å²) in [6, 6.07) is 7.06. The van der Waals surface area contributed by atoms with E-state index in [9.17, 15) is 8.42 Å². The first-order valence-corrected chi connectivity index (χ1v) is 6.79. The van der Waals surface area contributed by atoms with Gasteiger partial charge in [0.15, 0.2) is 9.84 Å². The lowest BCUT2D eigenvalue weighted by atomic mass is 10.2. The van der Waals surface area contributed by atoms with E-state index in [1.165, 1.54) is 6.26 Å². The lowest BCUT2D eigenvalue weighted by molar-refractivity contribution is 0.544. The van der Waals surface area contributed by atoms with E-state index in [2.05, 4.69) is 0 Å². The summed E-state index contributed by atoms with van der Waals surface area (Å²) in [5.74, 6) is 0. The Kier molecular flexibility index (Phi) is 2.75. The van der Waals surface area contributed by atoms with Crippen LogP contribution in [-0.2, 0) is 9.84 Å². The van der Waals surface area contributed by atoms with Crippen molar-refractivity contribution in [3.05, 3.63) is 30.5 Å². The summed E-state index contributed by atoms with van der Waals surface area (Å²) in [7, 11) is -3.49. The van der Waals surface area contributed by atoms with Crippen molar-refractivity contribution in [2.45, 2.75) is 23.5 Å². The van der Waals surface area contributed by atoms with E-state index in [4.69, 9.17) is 10.2 Å². The van der Waals surface area contributed by atoms with Gasteiger partial charge in [0.1, 0.15) is 16.7 Å². The van der Waals surface area contributed by atoms with E-state index < -0.39 is 14.6 Å². The molecule has 0 atom stereocenters. The first-order valence-electron chi connectivity index (χ1n) is 5.31. The Labute approximate surface area is 100 Å². The largest absolute Gasteiger partial charge is 0.463 e. The minimum absolute atomic E-state index is 0.0643. The van der Waals surface area contributed by atoms with Gasteiger partial charge in [0.05, 0.1) is 4.75 Å². The van der Waals surface area contributed by atoms with Crippen LogP contribution in [0.15, 0.2) is 39.8 Å². The maximum atomic E-state index is 12.4. The Morgan fingerprint density at radius 2 is 1.94 bits per heavy atom. The molecule has 0 spiro atoms. The van der Waals surface area contributed by atoms with Crippen LogP contribution in [0.2, 0.25) is 0 Å². The highest BCUT2D eigenvalue weighted by Gasteiger charge is 2.36. The average molecular weight is 253 g/mol. The van der Waals surface area contributed by atoms with Gasteiger partial charge in [-0.15, -0.1) is 0 Å².